The van der Waals surface area contributed by atoms with E-state index in [0.29, 0.717) is 0 Å². The Morgan fingerprint density at radius 3 is 3.16 bits per heavy atom. The SMILES string of the molecule is CC1CN(Cc2cccc(/C=C/C(=O)O)c2)CCO1. The number of rotatable bonds is 4. The van der Waals surface area contributed by atoms with Crippen LogP contribution in [0.4, 0.5) is 0 Å². The predicted molar refractivity (Wildman–Crippen MR) is 73.8 cm³/mol. The van der Waals surface area contributed by atoms with Crippen LogP contribution in [0.2, 0.25) is 0 Å². The second kappa shape index (κ2) is 6.50. The third-order valence-electron chi connectivity index (χ3n) is 3.10. The second-order valence-corrected chi connectivity index (χ2v) is 4.83. The largest absolute Gasteiger partial charge is 0.478 e. The van der Waals surface area contributed by atoms with Crippen LogP contribution in [-0.2, 0) is 16.1 Å². The number of hydrogen-bond donors (Lipinski definition) is 1. The minimum absolute atomic E-state index is 0.281. The summed E-state index contributed by atoms with van der Waals surface area (Å²) in [6, 6.07) is 7.96. The number of ether oxygens (including phenoxy) is 1. The Bertz CT molecular complexity index is 470. The zero-order chi connectivity index (χ0) is 13.7. The Hall–Kier alpha value is -1.65. The van der Waals surface area contributed by atoms with E-state index < -0.39 is 5.97 Å². The normalized spacial score (nSPS) is 20.8. The predicted octanol–water partition coefficient (Wildman–Crippen LogP) is 2.01. The third kappa shape index (κ3) is 4.50. The van der Waals surface area contributed by atoms with Crippen molar-refractivity contribution in [3.05, 3.63) is 41.5 Å². The van der Waals surface area contributed by atoms with Crippen LogP contribution in [0.3, 0.4) is 0 Å². The molecule has 0 saturated carbocycles. The number of carbonyl (C=O) groups is 1. The highest BCUT2D eigenvalue weighted by atomic mass is 16.5. The standard InChI is InChI=1S/C15H19NO3/c1-12-10-16(7-8-19-12)11-14-4-2-3-13(9-14)5-6-15(17)18/h2-6,9,12H,7-8,10-11H2,1H3,(H,17,18)/b6-5+. The minimum Gasteiger partial charge on any atom is -0.478 e. The van der Waals surface area contributed by atoms with Crippen molar-refractivity contribution < 1.29 is 14.6 Å². The Balaban J connectivity index is 2.00. The van der Waals surface area contributed by atoms with Gasteiger partial charge in [-0.15, -0.1) is 0 Å². The average Bonchev–Trinajstić information content (AvgIpc) is 2.37. The third-order valence-corrected chi connectivity index (χ3v) is 3.10. The van der Waals surface area contributed by atoms with E-state index >= 15 is 0 Å². The fourth-order valence-electron chi connectivity index (χ4n) is 2.26. The first kappa shape index (κ1) is 13.8. The Morgan fingerprint density at radius 2 is 2.42 bits per heavy atom. The summed E-state index contributed by atoms with van der Waals surface area (Å²) in [5, 5.41) is 8.63. The van der Waals surface area contributed by atoms with Gasteiger partial charge in [0, 0.05) is 25.7 Å². The molecule has 0 aliphatic carbocycles. The van der Waals surface area contributed by atoms with Crippen molar-refractivity contribution >= 4 is 12.0 Å². The lowest BCUT2D eigenvalue weighted by molar-refractivity contribution is -0.131. The average molecular weight is 261 g/mol. The molecule has 0 amide bonds. The van der Waals surface area contributed by atoms with Gasteiger partial charge < -0.3 is 9.84 Å². The van der Waals surface area contributed by atoms with Gasteiger partial charge in [0.25, 0.3) is 0 Å². The molecule has 4 nitrogen and oxygen atoms in total. The number of carboxylic acid groups (broad SMARTS) is 1. The van der Waals surface area contributed by atoms with Gasteiger partial charge >= 0.3 is 5.97 Å². The van der Waals surface area contributed by atoms with E-state index in [9.17, 15) is 4.79 Å². The second-order valence-electron chi connectivity index (χ2n) is 4.83. The molecule has 102 valence electrons. The lowest BCUT2D eigenvalue weighted by atomic mass is 10.1. The summed E-state index contributed by atoms with van der Waals surface area (Å²) < 4.78 is 5.52. The van der Waals surface area contributed by atoms with Gasteiger partial charge in [0.2, 0.25) is 0 Å². The van der Waals surface area contributed by atoms with Gasteiger partial charge in [0.1, 0.15) is 0 Å². The van der Waals surface area contributed by atoms with Gasteiger partial charge in [0.05, 0.1) is 12.7 Å². The van der Waals surface area contributed by atoms with Crippen LogP contribution in [0, 0.1) is 0 Å². The van der Waals surface area contributed by atoms with Crippen molar-refractivity contribution in [2.75, 3.05) is 19.7 Å². The van der Waals surface area contributed by atoms with E-state index in [-0.39, 0.29) is 6.10 Å². The first-order chi connectivity index (χ1) is 9.13. The van der Waals surface area contributed by atoms with Crippen LogP contribution < -0.4 is 0 Å². The molecular formula is C15H19NO3. The van der Waals surface area contributed by atoms with E-state index in [4.69, 9.17) is 9.84 Å². The van der Waals surface area contributed by atoms with Crippen molar-refractivity contribution in [3.8, 4) is 0 Å². The summed E-state index contributed by atoms with van der Waals surface area (Å²) in [6.45, 7) is 5.62. The lowest BCUT2D eigenvalue weighted by Crippen LogP contribution is -2.40. The summed E-state index contributed by atoms with van der Waals surface area (Å²) in [5.41, 5.74) is 2.11. The monoisotopic (exact) mass is 261 g/mol. The Labute approximate surface area is 113 Å². The highest BCUT2D eigenvalue weighted by Crippen LogP contribution is 2.12. The molecule has 1 aromatic carbocycles. The van der Waals surface area contributed by atoms with Crippen LogP contribution >= 0.6 is 0 Å². The molecule has 1 N–H and O–H groups in total. The molecule has 0 radical (unpaired) electrons. The van der Waals surface area contributed by atoms with Crippen molar-refractivity contribution in [3.63, 3.8) is 0 Å². The maximum absolute atomic E-state index is 10.5. The summed E-state index contributed by atoms with van der Waals surface area (Å²) in [4.78, 5) is 12.9. The molecule has 0 aromatic heterocycles. The topological polar surface area (TPSA) is 49.8 Å². The number of aliphatic carboxylic acids is 1. The molecule has 19 heavy (non-hydrogen) atoms. The molecule has 1 saturated heterocycles. The molecule has 1 aromatic rings. The molecular weight excluding hydrogens is 242 g/mol. The van der Waals surface area contributed by atoms with E-state index in [1.54, 1.807) is 6.08 Å². The fourth-order valence-corrected chi connectivity index (χ4v) is 2.26. The fraction of sp³-hybridized carbons (Fsp3) is 0.400. The minimum atomic E-state index is -0.924. The van der Waals surface area contributed by atoms with Crippen molar-refractivity contribution in [1.29, 1.82) is 0 Å². The van der Waals surface area contributed by atoms with Gasteiger partial charge in [-0.1, -0.05) is 24.3 Å². The van der Waals surface area contributed by atoms with Crippen LogP contribution in [0.25, 0.3) is 6.08 Å². The van der Waals surface area contributed by atoms with E-state index in [1.165, 1.54) is 5.56 Å². The van der Waals surface area contributed by atoms with Gasteiger partial charge in [-0.2, -0.15) is 0 Å². The molecule has 1 heterocycles. The van der Waals surface area contributed by atoms with Crippen molar-refractivity contribution in [2.24, 2.45) is 0 Å². The van der Waals surface area contributed by atoms with E-state index in [0.717, 1.165) is 37.9 Å². The van der Waals surface area contributed by atoms with E-state index in [1.807, 2.05) is 18.2 Å². The molecule has 1 atom stereocenters. The zero-order valence-electron chi connectivity index (χ0n) is 11.1. The van der Waals surface area contributed by atoms with Crippen LogP contribution in [0.15, 0.2) is 30.3 Å². The maximum atomic E-state index is 10.5. The van der Waals surface area contributed by atoms with Gasteiger partial charge in [-0.3, -0.25) is 4.90 Å². The molecule has 0 bridgehead atoms. The summed E-state index contributed by atoms with van der Waals surface area (Å²) in [6.07, 6.45) is 3.06. The molecule has 1 aliphatic rings. The highest BCUT2D eigenvalue weighted by Gasteiger charge is 2.16. The van der Waals surface area contributed by atoms with Gasteiger partial charge in [0.15, 0.2) is 0 Å². The summed E-state index contributed by atoms with van der Waals surface area (Å²) in [5.74, 6) is -0.924. The summed E-state index contributed by atoms with van der Waals surface area (Å²) in [7, 11) is 0. The molecule has 0 spiro atoms. The molecule has 1 aliphatic heterocycles. The van der Waals surface area contributed by atoms with E-state index in [2.05, 4.69) is 17.9 Å². The number of morpholine rings is 1. The smallest absolute Gasteiger partial charge is 0.328 e. The number of nitrogens with zero attached hydrogens (tertiary/aromatic N) is 1. The number of carboxylic acids is 1. The van der Waals surface area contributed by atoms with Crippen molar-refractivity contribution in [1.82, 2.24) is 4.90 Å². The van der Waals surface area contributed by atoms with Crippen molar-refractivity contribution in [2.45, 2.75) is 19.6 Å². The highest BCUT2D eigenvalue weighted by molar-refractivity contribution is 5.85. The maximum Gasteiger partial charge on any atom is 0.328 e. The Morgan fingerprint density at radius 1 is 1.58 bits per heavy atom. The Kier molecular flexibility index (Phi) is 4.71. The summed E-state index contributed by atoms with van der Waals surface area (Å²) >= 11 is 0. The van der Waals surface area contributed by atoms with Gasteiger partial charge in [-0.25, -0.2) is 4.79 Å². The zero-order valence-corrected chi connectivity index (χ0v) is 11.1. The molecule has 1 fully saturated rings. The number of benzene rings is 1. The first-order valence-electron chi connectivity index (χ1n) is 6.47. The van der Waals surface area contributed by atoms with Crippen LogP contribution in [0.5, 0.6) is 0 Å². The van der Waals surface area contributed by atoms with Gasteiger partial charge in [-0.05, 0) is 24.1 Å². The van der Waals surface area contributed by atoms with Crippen LogP contribution in [0.1, 0.15) is 18.1 Å². The quantitative estimate of drug-likeness (QED) is 0.842. The molecule has 4 heteroatoms. The molecule has 1 unspecified atom stereocenters. The first-order valence-corrected chi connectivity index (χ1v) is 6.47. The molecule has 2 rings (SSSR count). The van der Waals surface area contributed by atoms with Crippen LogP contribution in [-0.4, -0.2) is 41.8 Å². The lowest BCUT2D eigenvalue weighted by Gasteiger charge is -2.31. The number of hydrogen-bond acceptors (Lipinski definition) is 3.